The molecule has 3 aromatic rings. The van der Waals surface area contributed by atoms with E-state index in [1.807, 2.05) is 19.1 Å². The lowest BCUT2D eigenvalue weighted by molar-refractivity contribution is 0.102. The zero-order valence-corrected chi connectivity index (χ0v) is 14.3. The highest BCUT2D eigenvalue weighted by atomic mass is 19.1. The van der Waals surface area contributed by atoms with Gasteiger partial charge in [-0.25, -0.2) is 9.37 Å². The van der Waals surface area contributed by atoms with Crippen LogP contribution in [0.25, 0.3) is 0 Å². The van der Waals surface area contributed by atoms with Gasteiger partial charge in [0.05, 0.1) is 19.0 Å². The molecule has 1 amide bonds. The van der Waals surface area contributed by atoms with E-state index in [1.165, 1.54) is 30.5 Å². The number of methoxy groups -OCH3 is 1. The second-order valence-corrected chi connectivity index (χ2v) is 5.61. The lowest BCUT2D eigenvalue weighted by Crippen LogP contribution is -2.12. The highest BCUT2D eigenvalue weighted by Crippen LogP contribution is 2.31. The highest BCUT2D eigenvalue weighted by molar-refractivity contribution is 6.04. The summed E-state index contributed by atoms with van der Waals surface area (Å²) in [6.45, 7) is 1.96. The lowest BCUT2D eigenvalue weighted by atomic mass is 10.2. The van der Waals surface area contributed by atoms with Crippen molar-refractivity contribution < 1.29 is 18.7 Å². The van der Waals surface area contributed by atoms with Crippen molar-refractivity contribution in [3.8, 4) is 17.4 Å². The van der Waals surface area contributed by atoms with E-state index in [0.29, 0.717) is 23.1 Å². The fourth-order valence-electron chi connectivity index (χ4n) is 2.32. The van der Waals surface area contributed by atoms with Crippen LogP contribution in [-0.2, 0) is 0 Å². The number of carbonyl (C=O) groups excluding carboxylic acids is 1. The van der Waals surface area contributed by atoms with Crippen LogP contribution in [0.5, 0.6) is 17.4 Å². The van der Waals surface area contributed by atoms with Gasteiger partial charge in [-0.1, -0.05) is 12.1 Å². The number of nitrogens with one attached hydrogen (secondary N) is 1. The van der Waals surface area contributed by atoms with Gasteiger partial charge in [-0.3, -0.25) is 4.79 Å². The van der Waals surface area contributed by atoms with Crippen molar-refractivity contribution >= 4 is 11.6 Å². The second-order valence-electron chi connectivity index (χ2n) is 5.61. The Bertz CT molecular complexity index is 927. The van der Waals surface area contributed by atoms with E-state index in [0.717, 1.165) is 5.56 Å². The van der Waals surface area contributed by atoms with Gasteiger partial charge in [0, 0.05) is 11.6 Å². The van der Waals surface area contributed by atoms with E-state index in [-0.39, 0.29) is 5.56 Å². The number of hydrogen-bond acceptors (Lipinski definition) is 4. The molecular formula is C20H17FN2O3. The molecule has 2 aromatic carbocycles. The molecule has 0 atom stereocenters. The SMILES string of the molecule is COc1cc(C)ccc1Oc1ccc(NC(=O)c2cccc(F)c2)cn1. The molecule has 1 heterocycles. The molecule has 0 saturated carbocycles. The third kappa shape index (κ3) is 4.16. The molecule has 0 unspecified atom stereocenters. The molecule has 0 spiro atoms. The molecule has 0 aliphatic carbocycles. The minimum absolute atomic E-state index is 0.231. The van der Waals surface area contributed by atoms with Gasteiger partial charge in [0.2, 0.25) is 5.88 Å². The summed E-state index contributed by atoms with van der Waals surface area (Å²) in [6.07, 6.45) is 1.47. The number of amides is 1. The monoisotopic (exact) mass is 352 g/mol. The van der Waals surface area contributed by atoms with Crippen LogP contribution in [-0.4, -0.2) is 18.0 Å². The lowest BCUT2D eigenvalue weighted by Gasteiger charge is -2.11. The molecule has 6 heteroatoms. The topological polar surface area (TPSA) is 60.5 Å². The minimum Gasteiger partial charge on any atom is -0.493 e. The molecule has 26 heavy (non-hydrogen) atoms. The zero-order chi connectivity index (χ0) is 18.5. The molecule has 1 N–H and O–H groups in total. The summed E-state index contributed by atoms with van der Waals surface area (Å²) in [5.41, 5.74) is 1.76. The van der Waals surface area contributed by atoms with E-state index < -0.39 is 11.7 Å². The summed E-state index contributed by atoms with van der Waals surface area (Å²) in [5, 5.41) is 2.66. The van der Waals surface area contributed by atoms with Crippen LogP contribution in [0.2, 0.25) is 0 Å². The summed E-state index contributed by atoms with van der Waals surface area (Å²) in [4.78, 5) is 16.3. The van der Waals surface area contributed by atoms with Gasteiger partial charge in [0.15, 0.2) is 11.5 Å². The van der Waals surface area contributed by atoms with Crippen molar-refractivity contribution in [3.63, 3.8) is 0 Å². The standard InChI is InChI=1S/C20H17FN2O3/c1-13-6-8-17(18(10-13)25-2)26-19-9-7-16(12-22-19)23-20(24)14-4-3-5-15(21)11-14/h3-12H,1-2H3,(H,23,24). The van der Waals surface area contributed by atoms with Gasteiger partial charge in [0.1, 0.15) is 5.82 Å². The highest BCUT2D eigenvalue weighted by Gasteiger charge is 2.09. The van der Waals surface area contributed by atoms with Gasteiger partial charge in [-0.2, -0.15) is 0 Å². The number of aryl methyl sites for hydroxylation is 1. The normalized spacial score (nSPS) is 10.3. The van der Waals surface area contributed by atoms with Crippen LogP contribution < -0.4 is 14.8 Å². The Morgan fingerprint density at radius 3 is 2.62 bits per heavy atom. The summed E-state index contributed by atoms with van der Waals surface area (Å²) >= 11 is 0. The molecule has 0 aliphatic heterocycles. The molecule has 0 saturated heterocycles. The van der Waals surface area contributed by atoms with Crippen LogP contribution in [0.4, 0.5) is 10.1 Å². The van der Waals surface area contributed by atoms with Gasteiger partial charge in [-0.05, 0) is 48.9 Å². The first-order chi connectivity index (χ1) is 12.5. The van der Waals surface area contributed by atoms with Gasteiger partial charge < -0.3 is 14.8 Å². The third-order valence-corrected chi connectivity index (χ3v) is 3.61. The van der Waals surface area contributed by atoms with Crippen molar-refractivity contribution in [2.45, 2.75) is 6.92 Å². The second kappa shape index (κ2) is 7.65. The Labute approximate surface area is 150 Å². The Kier molecular flexibility index (Phi) is 5.12. The number of hydrogen-bond donors (Lipinski definition) is 1. The summed E-state index contributed by atoms with van der Waals surface area (Å²) < 4.78 is 24.2. The molecule has 1 aromatic heterocycles. The van der Waals surface area contributed by atoms with Crippen LogP contribution >= 0.6 is 0 Å². The Hall–Kier alpha value is -3.41. The van der Waals surface area contributed by atoms with E-state index in [1.54, 1.807) is 25.3 Å². The summed E-state index contributed by atoms with van der Waals surface area (Å²) in [5.74, 6) is 0.625. The largest absolute Gasteiger partial charge is 0.493 e. The van der Waals surface area contributed by atoms with E-state index >= 15 is 0 Å². The maximum Gasteiger partial charge on any atom is 0.255 e. The number of ether oxygens (including phenoxy) is 2. The van der Waals surface area contributed by atoms with Crippen molar-refractivity contribution in [2.75, 3.05) is 12.4 Å². The molecular weight excluding hydrogens is 335 g/mol. The molecule has 132 valence electrons. The van der Waals surface area contributed by atoms with Gasteiger partial charge in [0.25, 0.3) is 5.91 Å². The maximum atomic E-state index is 13.2. The fraction of sp³-hybridized carbons (Fsp3) is 0.100. The van der Waals surface area contributed by atoms with Gasteiger partial charge in [-0.15, -0.1) is 0 Å². The average molecular weight is 352 g/mol. The number of anilines is 1. The van der Waals surface area contributed by atoms with Crippen LogP contribution in [0.1, 0.15) is 15.9 Å². The quantitative estimate of drug-likeness (QED) is 0.730. The fourth-order valence-corrected chi connectivity index (χ4v) is 2.32. The number of benzene rings is 2. The van der Waals surface area contributed by atoms with Crippen molar-refractivity contribution in [1.29, 1.82) is 0 Å². The molecule has 0 bridgehead atoms. The van der Waals surface area contributed by atoms with E-state index in [9.17, 15) is 9.18 Å². The third-order valence-electron chi connectivity index (χ3n) is 3.61. The van der Waals surface area contributed by atoms with Crippen molar-refractivity contribution in [3.05, 3.63) is 77.7 Å². The average Bonchev–Trinajstić information content (AvgIpc) is 2.64. The number of nitrogens with zero attached hydrogens (tertiary/aromatic N) is 1. The number of carbonyl (C=O) groups is 1. The maximum absolute atomic E-state index is 13.2. The summed E-state index contributed by atoms with van der Waals surface area (Å²) in [6, 6.07) is 14.3. The predicted molar refractivity (Wildman–Crippen MR) is 96.4 cm³/mol. The summed E-state index contributed by atoms with van der Waals surface area (Å²) in [7, 11) is 1.57. The molecule has 0 radical (unpaired) electrons. The van der Waals surface area contributed by atoms with Crippen molar-refractivity contribution in [2.24, 2.45) is 0 Å². The van der Waals surface area contributed by atoms with E-state index in [2.05, 4.69) is 10.3 Å². The number of pyridine rings is 1. The zero-order valence-electron chi connectivity index (χ0n) is 14.3. The number of halogens is 1. The van der Waals surface area contributed by atoms with Crippen molar-refractivity contribution in [1.82, 2.24) is 4.98 Å². The predicted octanol–water partition coefficient (Wildman–Crippen LogP) is 4.58. The first-order valence-corrected chi connectivity index (χ1v) is 7.90. The van der Waals surface area contributed by atoms with Crippen LogP contribution in [0.15, 0.2) is 60.8 Å². The Morgan fingerprint density at radius 2 is 1.92 bits per heavy atom. The van der Waals surface area contributed by atoms with Crippen LogP contribution in [0.3, 0.4) is 0 Å². The molecule has 3 rings (SSSR count). The first-order valence-electron chi connectivity index (χ1n) is 7.90. The smallest absolute Gasteiger partial charge is 0.255 e. The number of aromatic nitrogens is 1. The first kappa shape index (κ1) is 17.4. The van der Waals surface area contributed by atoms with Gasteiger partial charge >= 0.3 is 0 Å². The van der Waals surface area contributed by atoms with E-state index in [4.69, 9.17) is 9.47 Å². The minimum atomic E-state index is -0.466. The molecule has 0 fully saturated rings. The molecule has 5 nitrogen and oxygen atoms in total. The Balaban J connectivity index is 1.70. The number of rotatable bonds is 5. The van der Waals surface area contributed by atoms with Crippen LogP contribution in [0, 0.1) is 12.7 Å². The Morgan fingerprint density at radius 1 is 1.08 bits per heavy atom. The molecule has 0 aliphatic rings.